The Hall–Kier alpha value is -1.56. The van der Waals surface area contributed by atoms with Crippen LogP contribution in [0.25, 0.3) is 10.9 Å². The van der Waals surface area contributed by atoms with Crippen LogP contribution in [0, 0.1) is 11.7 Å². The van der Waals surface area contributed by atoms with E-state index in [0.29, 0.717) is 5.39 Å². The molecule has 3 heterocycles. The summed E-state index contributed by atoms with van der Waals surface area (Å²) in [6.45, 7) is 8.27. The number of hydrogen-bond acceptors (Lipinski definition) is 4. The molecule has 2 fully saturated rings. The summed E-state index contributed by atoms with van der Waals surface area (Å²) in [5.41, 5.74) is 1.94. The highest BCUT2D eigenvalue weighted by atomic mass is 19.1. The van der Waals surface area contributed by atoms with E-state index in [4.69, 9.17) is 4.74 Å². The van der Waals surface area contributed by atoms with Gasteiger partial charge in [-0.25, -0.2) is 4.39 Å². The molecule has 0 spiro atoms. The minimum absolute atomic E-state index is 0.182. The average Bonchev–Trinajstić information content (AvgIpc) is 2.71. The fourth-order valence-corrected chi connectivity index (χ4v) is 4.19. The van der Waals surface area contributed by atoms with Crippen molar-refractivity contribution in [2.75, 3.05) is 45.9 Å². The van der Waals surface area contributed by atoms with E-state index in [-0.39, 0.29) is 5.82 Å². The Bertz CT molecular complexity index is 724. The SMILES string of the molecule is Fc1ccc(CN2CCC(CCN3CCOCC3)CC2)c2ncccc12. The number of benzene rings is 1. The van der Waals surface area contributed by atoms with Gasteiger partial charge in [-0.2, -0.15) is 0 Å². The number of morpholine rings is 1. The number of ether oxygens (including phenoxy) is 1. The van der Waals surface area contributed by atoms with Crippen molar-refractivity contribution < 1.29 is 9.13 Å². The molecule has 140 valence electrons. The maximum absolute atomic E-state index is 14.0. The van der Waals surface area contributed by atoms with Crippen LogP contribution in [-0.4, -0.2) is 60.7 Å². The lowest BCUT2D eigenvalue weighted by Gasteiger charge is -2.34. The molecule has 2 aliphatic rings. The Morgan fingerprint density at radius 1 is 1.04 bits per heavy atom. The molecule has 2 aromatic rings. The Balaban J connectivity index is 1.29. The summed E-state index contributed by atoms with van der Waals surface area (Å²) >= 11 is 0. The molecule has 0 N–H and O–H groups in total. The van der Waals surface area contributed by atoms with Gasteiger partial charge in [-0.3, -0.25) is 14.8 Å². The second-order valence-corrected chi connectivity index (χ2v) is 7.57. The monoisotopic (exact) mass is 357 g/mol. The van der Waals surface area contributed by atoms with Crippen LogP contribution in [0.15, 0.2) is 30.5 Å². The minimum atomic E-state index is -0.182. The molecule has 4 rings (SSSR count). The lowest BCUT2D eigenvalue weighted by molar-refractivity contribution is 0.0334. The fraction of sp³-hybridized carbons (Fsp3) is 0.571. The van der Waals surface area contributed by atoms with E-state index in [1.165, 1.54) is 25.8 Å². The van der Waals surface area contributed by atoms with Gasteiger partial charge in [0.15, 0.2) is 0 Å². The predicted octanol–water partition coefficient (Wildman–Crippen LogP) is 3.31. The molecule has 0 aliphatic carbocycles. The van der Waals surface area contributed by atoms with Crippen LogP contribution < -0.4 is 0 Å². The van der Waals surface area contributed by atoms with Crippen LogP contribution in [-0.2, 0) is 11.3 Å². The molecule has 2 aliphatic heterocycles. The first-order chi connectivity index (χ1) is 12.8. The first kappa shape index (κ1) is 17.8. The molecule has 0 atom stereocenters. The minimum Gasteiger partial charge on any atom is -0.379 e. The zero-order valence-corrected chi connectivity index (χ0v) is 15.4. The summed E-state index contributed by atoms with van der Waals surface area (Å²) < 4.78 is 19.4. The lowest BCUT2D eigenvalue weighted by atomic mass is 9.93. The standard InChI is InChI=1S/C21H28FN3O/c22-20-4-3-18(21-19(20)2-1-8-23-21)16-25-10-6-17(7-11-25)5-9-24-12-14-26-15-13-24/h1-4,8,17H,5-7,9-16H2. The van der Waals surface area contributed by atoms with Crippen molar-refractivity contribution in [2.45, 2.75) is 25.8 Å². The van der Waals surface area contributed by atoms with Crippen molar-refractivity contribution in [1.29, 1.82) is 0 Å². The zero-order valence-electron chi connectivity index (χ0n) is 15.4. The fourth-order valence-electron chi connectivity index (χ4n) is 4.19. The summed E-state index contributed by atoms with van der Waals surface area (Å²) in [5.74, 6) is 0.649. The number of fused-ring (bicyclic) bond motifs is 1. The number of hydrogen-bond donors (Lipinski definition) is 0. The highest BCUT2D eigenvalue weighted by Gasteiger charge is 2.21. The normalized spacial score (nSPS) is 20.7. The van der Waals surface area contributed by atoms with Crippen molar-refractivity contribution >= 4 is 10.9 Å². The molecule has 0 radical (unpaired) electrons. The second kappa shape index (κ2) is 8.42. The predicted molar refractivity (Wildman–Crippen MR) is 102 cm³/mol. The van der Waals surface area contributed by atoms with Gasteiger partial charge < -0.3 is 4.74 Å². The topological polar surface area (TPSA) is 28.6 Å². The van der Waals surface area contributed by atoms with Crippen LogP contribution >= 0.6 is 0 Å². The van der Waals surface area contributed by atoms with Gasteiger partial charge in [-0.15, -0.1) is 0 Å². The highest BCUT2D eigenvalue weighted by Crippen LogP contribution is 2.25. The number of aromatic nitrogens is 1. The molecule has 26 heavy (non-hydrogen) atoms. The van der Waals surface area contributed by atoms with Crippen LogP contribution in [0.2, 0.25) is 0 Å². The van der Waals surface area contributed by atoms with Gasteiger partial charge in [0.25, 0.3) is 0 Å². The number of nitrogens with zero attached hydrogens (tertiary/aromatic N) is 3. The van der Waals surface area contributed by atoms with Crippen LogP contribution in [0.1, 0.15) is 24.8 Å². The van der Waals surface area contributed by atoms with E-state index in [9.17, 15) is 4.39 Å². The van der Waals surface area contributed by atoms with E-state index >= 15 is 0 Å². The molecule has 4 nitrogen and oxygen atoms in total. The third kappa shape index (κ3) is 4.22. The largest absolute Gasteiger partial charge is 0.379 e. The van der Waals surface area contributed by atoms with Crippen molar-refractivity contribution in [1.82, 2.24) is 14.8 Å². The first-order valence-electron chi connectivity index (χ1n) is 9.84. The van der Waals surface area contributed by atoms with Gasteiger partial charge >= 0.3 is 0 Å². The summed E-state index contributed by atoms with van der Waals surface area (Å²) in [6, 6.07) is 7.10. The average molecular weight is 357 g/mol. The molecule has 2 saturated heterocycles. The van der Waals surface area contributed by atoms with Crippen LogP contribution in [0.3, 0.4) is 0 Å². The zero-order chi connectivity index (χ0) is 17.8. The number of rotatable bonds is 5. The van der Waals surface area contributed by atoms with Gasteiger partial charge in [0.2, 0.25) is 0 Å². The molecule has 0 amide bonds. The van der Waals surface area contributed by atoms with Gasteiger partial charge in [-0.1, -0.05) is 6.07 Å². The summed E-state index contributed by atoms with van der Waals surface area (Å²) in [6.07, 6.45) is 5.58. The van der Waals surface area contributed by atoms with Gasteiger partial charge in [0, 0.05) is 31.2 Å². The first-order valence-corrected chi connectivity index (χ1v) is 9.84. The Labute approximate surface area is 154 Å². The van der Waals surface area contributed by atoms with Gasteiger partial charge in [0.1, 0.15) is 5.82 Å². The number of piperidine rings is 1. The van der Waals surface area contributed by atoms with Crippen molar-refractivity contribution in [3.63, 3.8) is 0 Å². The molecule has 1 aromatic carbocycles. The van der Waals surface area contributed by atoms with Crippen molar-refractivity contribution in [3.05, 3.63) is 41.8 Å². The molecular weight excluding hydrogens is 329 g/mol. The Kier molecular flexibility index (Phi) is 5.78. The van der Waals surface area contributed by atoms with E-state index in [2.05, 4.69) is 14.8 Å². The quantitative estimate of drug-likeness (QED) is 0.821. The smallest absolute Gasteiger partial charge is 0.132 e. The van der Waals surface area contributed by atoms with Crippen LogP contribution in [0.5, 0.6) is 0 Å². The summed E-state index contributed by atoms with van der Waals surface area (Å²) in [4.78, 5) is 9.45. The third-order valence-corrected chi connectivity index (χ3v) is 5.86. The van der Waals surface area contributed by atoms with Gasteiger partial charge in [-0.05, 0) is 68.6 Å². The third-order valence-electron chi connectivity index (χ3n) is 5.86. The van der Waals surface area contributed by atoms with E-state index in [0.717, 1.165) is 62.9 Å². The van der Waals surface area contributed by atoms with E-state index < -0.39 is 0 Å². The van der Waals surface area contributed by atoms with E-state index in [1.807, 2.05) is 12.1 Å². The maximum Gasteiger partial charge on any atom is 0.132 e. The number of halogens is 1. The molecule has 5 heteroatoms. The lowest BCUT2D eigenvalue weighted by Crippen LogP contribution is -2.39. The number of pyridine rings is 1. The Morgan fingerprint density at radius 2 is 1.85 bits per heavy atom. The van der Waals surface area contributed by atoms with Gasteiger partial charge in [0.05, 0.1) is 18.7 Å². The van der Waals surface area contributed by atoms with Crippen molar-refractivity contribution in [2.24, 2.45) is 5.92 Å². The summed E-state index contributed by atoms with van der Waals surface area (Å²) in [7, 11) is 0. The molecule has 0 saturated carbocycles. The molecular formula is C21H28FN3O. The molecule has 1 aromatic heterocycles. The van der Waals surface area contributed by atoms with Crippen LogP contribution in [0.4, 0.5) is 4.39 Å². The molecule has 0 bridgehead atoms. The number of likely N-dealkylation sites (tertiary alicyclic amines) is 1. The highest BCUT2D eigenvalue weighted by molar-refractivity contribution is 5.82. The summed E-state index contributed by atoms with van der Waals surface area (Å²) in [5, 5.41) is 0.630. The van der Waals surface area contributed by atoms with E-state index in [1.54, 1.807) is 18.3 Å². The Morgan fingerprint density at radius 3 is 2.65 bits per heavy atom. The second-order valence-electron chi connectivity index (χ2n) is 7.57. The molecule has 0 unspecified atom stereocenters. The maximum atomic E-state index is 14.0. The van der Waals surface area contributed by atoms with Crippen molar-refractivity contribution in [3.8, 4) is 0 Å².